The number of carbonyl (C=O) groups excluding carboxylic acids is 6. The lowest BCUT2D eigenvalue weighted by Crippen LogP contribution is -2.43. The quantitative estimate of drug-likeness (QED) is 0.150. The molecule has 0 atom stereocenters. The third-order valence-corrected chi connectivity index (χ3v) is 6.39. The Kier molecular flexibility index (Phi) is 13.2. The Balaban J connectivity index is 1.55. The second kappa shape index (κ2) is 17.5. The predicted molar refractivity (Wildman–Crippen MR) is 160 cm³/mol. The molecule has 0 aliphatic heterocycles. The van der Waals surface area contributed by atoms with Crippen LogP contribution in [0.3, 0.4) is 0 Å². The number of aromatic nitrogens is 3. The Bertz CT molecular complexity index is 1350. The number of esters is 3. The maximum atomic E-state index is 12.6. The van der Waals surface area contributed by atoms with Crippen LogP contribution in [0.4, 0.5) is 0 Å². The Morgan fingerprint density at radius 1 is 0.522 bits per heavy atom. The molecule has 0 fully saturated rings. The zero-order valence-electron chi connectivity index (χ0n) is 25.4. The summed E-state index contributed by atoms with van der Waals surface area (Å²) in [5.74, 6) is -3.09. The number of hydrogen-bond donors (Lipinski definition) is 3. The lowest BCUT2D eigenvalue weighted by molar-refractivity contribution is 0.0591. The van der Waals surface area contributed by atoms with E-state index in [-0.39, 0.29) is 53.4 Å². The van der Waals surface area contributed by atoms with Crippen molar-refractivity contribution in [3.8, 4) is 0 Å². The summed E-state index contributed by atoms with van der Waals surface area (Å²) in [6, 6.07) is 8.51. The molecule has 46 heavy (non-hydrogen) atoms. The molecular weight excluding hydrogens is 602 g/mol. The zero-order chi connectivity index (χ0) is 33.5. The Morgan fingerprint density at radius 2 is 0.804 bits per heavy atom. The van der Waals surface area contributed by atoms with Crippen molar-refractivity contribution in [1.82, 2.24) is 35.8 Å². The summed E-state index contributed by atoms with van der Waals surface area (Å²) in [5.41, 5.74) is 0.941. The van der Waals surface area contributed by atoms with Gasteiger partial charge in [0.15, 0.2) is 0 Å². The number of nitrogens with one attached hydrogen (secondary N) is 3. The van der Waals surface area contributed by atoms with E-state index in [2.05, 4.69) is 45.1 Å². The van der Waals surface area contributed by atoms with E-state index in [0.717, 1.165) is 0 Å². The maximum absolute atomic E-state index is 12.6. The van der Waals surface area contributed by atoms with Crippen LogP contribution >= 0.6 is 0 Å². The van der Waals surface area contributed by atoms with Crippen molar-refractivity contribution in [2.24, 2.45) is 0 Å². The van der Waals surface area contributed by atoms with Crippen LogP contribution in [0.5, 0.6) is 0 Å². The smallest absolute Gasteiger partial charge is 0.339 e. The molecule has 16 heteroatoms. The molecule has 3 N–H and O–H groups in total. The number of amides is 3. The molecule has 0 aromatic carbocycles. The van der Waals surface area contributed by atoms with Gasteiger partial charge in [-0.25, -0.2) is 14.4 Å². The number of hydrogen-bond acceptors (Lipinski definition) is 13. The minimum Gasteiger partial charge on any atom is -0.465 e. The first-order valence-corrected chi connectivity index (χ1v) is 13.9. The highest BCUT2D eigenvalue weighted by atomic mass is 16.5. The van der Waals surface area contributed by atoms with Gasteiger partial charge in [0.25, 0.3) is 17.7 Å². The average molecular weight is 636 g/mol. The van der Waals surface area contributed by atoms with Gasteiger partial charge in [0.05, 0.1) is 38.0 Å². The van der Waals surface area contributed by atoms with Crippen molar-refractivity contribution in [2.45, 2.75) is 0 Å². The van der Waals surface area contributed by atoms with Crippen LogP contribution in [0, 0.1) is 0 Å². The molecule has 0 radical (unpaired) electrons. The van der Waals surface area contributed by atoms with Gasteiger partial charge in [-0.15, -0.1) is 0 Å². The van der Waals surface area contributed by atoms with Gasteiger partial charge >= 0.3 is 17.9 Å². The van der Waals surface area contributed by atoms with Gasteiger partial charge in [0.1, 0.15) is 17.1 Å². The van der Waals surface area contributed by atoms with Crippen LogP contribution < -0.4 is 16.0 Å². The van der Waals surface area contributed by atoms with E-state index in [4.69, 9.17) is 0 Å². The third kappa shape index (κ3) is 10.2. The fraction of sp³-hybridized carbons (Fsp3) is 0.300. The molecule has 0 saturated carbocycles. The first-order valence-electron chi connectivity index (χ1n) is 13.9. The Morgan fingerprint density at radius 3 is 1.02 bits per heavy atom. The van der Waals surface area contributed by atoms with E-state index in [9.17, 15) is 28.8 Å². The highest BCUT2D eigenvalue weighted by Gasteiger charge is 2.15. The number of carbonyl (C=O) groups is 6. The lowest BCUT2D eigenvalue weighted by atomic mass is 10.2. The standard InChI is InChI=1S/C30H33N7O9/c1-44-28(41)19-4-7-22(34-16-19)25(38)31-10-13-37(14-11-32-26(39)23-8-5-20(17-35-23)29(42)45-2)15-12-33-27(40)24-9-6-21(18-36-24)30(43)46-3/h4-9,16-18H,10-15H2,1-3H3,(H,31,38)(H,32,39)(H,33,40). The molecule has 0 aliphatic carbocycles. The summed E-state index contributed by atoms with van der Waals surface area (Å²) in [7, 11) is 3.73. The van der Waals surface area contributed by atoms with E-state index in [1.807, 2.05) is 4.90 Å². The van der Waals surface area contributed by atoms with Gasteiger partial charge < -0.3 is 30.2 Å². The summed E-state index contributed by atoms with van der Waals surface area (Å²) in [6.45, 7) is 1.64. The maximum Gasteiger partial charge on any atom is 0.339 e. The van der Waals surface area contributed by atoms with E-state index in [0.29, 0.717) is 19.6 Å². The number of nitrogens with zero attached hydrogens (tertiary/aromatic N) is 4. The van der Waals surface area contributed by atoms with Crippen molar-refractivity contribution < 1.29 is 43.0 Å². The van der Waals surface area contributed by atoms with Crippen molar-refractivity contribution in [1.29, 1.82) is 0 Å². The number of rotatable bonds is 15. The first kappa shape index (κ1) is 34.7. The third-order valence-electron chi connectivity index (χ3n) is 6.39. The highest BCUT2D eigenvalue weighted by Crippen LogP contribution is 2.04. The van der Waals surface area contributed by atoms with Crippen molar-refractivity contribution in [2.75, 3.05) is 60.6 Å². The Labute approximate surface area is 263 Å². The SMILES string of the molecule is COC(=O)c1ccc(C(=O)NCCN(CCNC(=O)c2ccc(C(=O)OC)cn2)CCNC(=O)c2ccc(C(=O)OC)cn2)nc1. The second-order valence-corrected chi connectivity index (χ2v) is 9.38. The van der Waals surface area contributed by atoms with E-state index in [1.54, 1.807) is 0 Å². The van der Waals surface area contributed by atoms with Gasteiger partial charge in [0.2, 0.25) is 0 Å². The molecule has 3 aromatic heterocycles. The lowest BCUT2D eigenvalue weighted by Gasteiger charge is -2.23. The first-order chi connectivity index (χ1) is 22.2. The molecule has 3 aromatic rings. The number of pyridine rings is 3. The largest absolute Gasteiger partial charge is 0.465 e. The predicted octanol–water partition coefficient (Wildman–Crippen LogP) is 0.123. The van der Waals surface area contributed by atoms with Crippen LogP contribution in [0.2, 0.25) is 0 Å². The number of ether oxygens (including phenoxy) is 3. The molecular formula is C30H33N7O9. The average Bonchev–Trinajstić information content (AvgIpc) is 3.10. The van der Waals surface area contributed by atoms with E-state index < -0.39 is 35.6 Å². The van der Waals surface area contributed by atoms with Crippen LogP contribution in [-0.2, 0) is 14.2 Å². The topological polar surface area (TPSA) is 208 Å². The van der Waals surface area contributed by atoms with Crippen LogP contribution in [0.1, 0.15) is 62.5 Å². The van der Waals surface area contributed by atoms with E-state index >= 15 is 0 Å². The molecule has 0 bridgehead atoms. The molecule has 0 aliphatic rings. The van der Waals surface area contributed by atoms with Gasteiger partial charge in [-0.2, -0.15) is 0 Å². The van der Waals surface area contributed by atoms with Gasteiger partial charge in [-0.05, 0) is 36.4 Å². The zero-order valence-corrected chi connectivity index (χ0v) is 25.4. The van der Waals surface area contributed by atoms with Gasteiger partial charge in [-0.1, -0.05) is 0 Å². The highest BCUT2D eigenvalue weighted by molar-refractivity contribution is 5.95. The molecule has 242 valence electrons. The summed E-state index contributed by atoms with van der Waals surface area (Å²) in [4.78, 5) is 86.4. The molecule has 0 unspecified atom stereocenters. The summed E-state index contributed by atoms with van der Waals surface area (Å²) in [6.07, 6.45) is 3.73. The molecule has 0 spiro atoms. The normalized spacial score (nSPS) is 10.4. The second-order valence-electron chi connectivity index (χ2n) is 9.38. The van der Waals surface area contributed by atoms with Gasteiger partial charge in [0, 0.05) is 57.9 Å². The summed E-state index contributed by atoms with van der Waals surface area (Å²) in [5, 5.41) is 8.25. The monoisotopic (exact) mass is 635 g/mol. The molecule has 0 saturated heterocycles. The summed E-state index contributed by atoms with van der Waals surface area (Å²) >= 11 is 0. The van der Waals surface area contributed by atoms with Crippen LogP contribution in [0.15, 0.2) is 55.0 Å². The fourth-order valence-electron chi connectivity index (χ4n) is 3.89. The fourth-order valence-corrected chi connectivity index (χ4v) is 3.89. The molecule has 3 rings (SSSR count). The minimum atomic E-state index is -0.572. The minimum absolute atomic E-state index is 0.107. The van der Waals surface area contributed by atoms with Crippen molar-refractivity contribution >= 4 is 35.6 Å². The van der Waals surface area contributed by atoms with Crippen LogP contribution in [-0.4, -0.2) is 116 Å². The molecule has 3 heterocycles. The number of methoxy groups -OCH3 is 3. The van der Waals surface area contributed by atoms with E-state index in [1.165, 1.54) is 76.3 Å². The molecule has 3 amide bonds. The van der Waals surface area contributed by atoms with Crippen molar-refractivity contribution in [3.63, 3.8) is 0 Å². The van der Waals surface area contributed by atoms with Crippen LogP contribution in [0.25, 0.3) is 0 Å². The van der Waals surface area contributed by atoms with Gasteiger partial charge in [-0.3, -0.25) is 34.2 Å². The molecule has 16 nitrogen and oxygen atoms in total. The summed E-state index contributed by atoms with van der Waals surface area (Å²) < 4.78 is 13.9. The van der Waals surface area contributed by atoms with Crippen molar-refractivity contribution in [3.05, 3.63) is 88.8 Å². The Hall–Kier alpha value is -5.77.